The number of carbonyl (C=O) groups excluding carboxylic acids is 1. The van der Waals surface area contributed by atoms with E-state index in [1.165, 1.54) is 30.4 Å². The number of allylic oxidation sites excluding steroid dienone is 1. The number of amides is 1. The van der Waals surface area contributed by atoms with E-state index in [4.69, 9.17) is 0 Å². The van der Waals surface area contributed by atoms with Gasteiger partial charge in [-0.3, -0.25) is 9.79 Å². The summed E-state index contributed by atoms with van der Waals surface area (Å²) >= 11 is 4.64. The van der Waals surface area contributed by atoms with E-state index in [0.29, 0.717) is 0 Å². The monoisotopic (exact) mass is 503 g/mol. The normalized spacial score (nSPS) is 17.9. The van der Waals surface area contributed by atoms with Crippen molar-refractivity contribution in [3.8, 4) is 0 Å². The van der Waals surface area contributed by atoms with Crippen molar-refractivity contribution in [1.82, 2.24) is 10.2 Å². The fourth-order valence-corrected chi connectivity index (χ4v) is 3.94. The van der Waals surface area contributed by atoms with Crippen LogP contribution in [-0.4, -0.2) is 36.5 Å². The molecule has 2 atom stereocenters. The third-order valence-electron chi connectivity index (χ3n) is 6.60. The van der Waals surface area contributed by atoms with E-state index >= 15 is 0 Å². The van der Waals surface area contributed by atoms with Crippen LogP contribution in [0.25, 0.3) is 5.57 Å². The first-order valence-electron chi connectivity index (χ1n) is 13.1. The fourth-order valence-electron chi connectivity index (χ4n) is 3.94. The van der Waals surface area contributed by atoms with Gasteiger partial charge in [0.2, 0.25) is 6.41 Å². The van der Waals surface area contributed by atoms with Gasteiger partial charge >= 0.3 is 0 Å². The van der Waals surface area contributed by atoms with E-state index < -0.39 is 0 Å². The molecule has 2 unspecified atom stereocenters. The molecule has 198 valence electrons. The number of alkyl halides is 1. The Balaban J connectivity index is 0.000000801. The van der Waals surface area contributed by atoms with E-state index in [1.807, 2.05) is 31.9 Å². The third-order valence-corrected chi connectivity index (χ3v) is 6.60. The average Bonchev–Trinajstić information content (AvgIpc) is 3.64. The molecule has 1 heterocycles. The number of benzene rings is 1. The minimum atomic E-state index is 0.129. The maximum Gasteiger partial charge on any atom is 0.210 e. The van der Waals surface area contributed by atoms with Crippen LogP contribution in [0.3, 0.4) is 0 Å². The van der Waals surface area contributed by atoms with Gasteiger partial charge in [-0.05, 0) is 74.0 Å². The first kappa shape index (κ1) is 32.9. The maximum absolute atomic E-state index is 11.0. The van der Waals surface area contributed by atoms with Crippen LogP contribution in [0, 0.1) is 17.8 Å². The zero-order chi connectivity index (χ0) is 26.8. The van der Waals surface area contributed by atoms with Crippen molar-refractivity contribution in [2.24, 2.45) is 22.7 Å². The predicted octanol–water partition coefficient (Wildman–Crippen LogP) is 7.93. The number of hydrogen-bond donors (Lipinski definition) is 1. The van der Waals surface area contributed by atoms with Crippen molar-refractivity contribution >= 4 is 29.8 Å². The molecule has 1 N–H and O–H groups in total. The maximum atomic E-state index is 11.0. The molecule has 3 rings (SSSR count). The van der Waals surface area contributed by atoms with Crippen LogP contribution in [0.15, 0.2) is 47.7 Å². The standard InChI is InChI=1S/C19H25N3O.C8H16.C2H6.CH3Cl/c1-4-20-12-15(2)18-9-7-17(8-10-18)13-21-16(3)19-6-5-11-22(19)14-23;1-6(2)7(3)8-4-5-8;2*1-2/h4,7-10,12,14,19,21H,3,5-6,11,13H2,1-2H3;6-8H,4-5H2,1-3H3;1-2H3;1H3/b15-12+,20-4?;;;. The summed E-state index contributed by atoms with van der Waals surface area (Å²) in [6.07, 6.45) is 11.1. The highest BCUT2D eigenvalue weighted by Gasteiger charge is 2.29. The lowest BCUT2D eigenvalue weighted by atomic mass is 9.93. The lowest BCUT2D eigenvalue weighted by molar-refractivity contribution is -0.118. The van der Waals surface area contributed by atoms with Gasteiger partial charge < -0.3 is 10.2 Å². The second-order valence-electron chi connectivity index (χ2n) is 9.24. The molecule has 4 nitrogen and oxygen atoms in total. The van der Waals surface area contributed by atoms with Crippen molar-refractivity contribution in [1.29, 1.82) is 0 Å². The van der Waals surface area contributed by atoms with Gasteiger partial charge in [-0.15, -0.1) is 11.6 Å². The summed E-state index contributed by atoms with van der Waals surface area (Å²) in [7, 11) is 0. The Morgan fingerprint density at radius 1 is 1.17 bits per heavy atom. The van der Waals surface area contributed by atoms with Gasteiger partial charge in [0.25, 0.3) is 0 Å². The summed E-state index contributed by atoms with van der Waals surface area (Å²) < 4.78 is 0. The average molecular weight is 504 g/mol. The fraction of sp³-hybridized carbons (Fsp3) is 0.600. The quantitative estimate of drug-likeness (QED) is 0.211. The number of carbonyl (C=O) groups is 1. The zero-order valence-electron chi connectivity index (χ0n) is 23.5. The highest BCUT2D eigenvalue weighted by molar-refractivity contribution is 6.15. The van der Waals surface area contributed by atoms with E-state index in [-0.39, 0.29) is 6.04 Å². The first-order valence-corrected chi connectivity index (χ1v) is 13.9. The topological polar surface area (TPSA) is 44.7 Å². The molecule has 1 saturated carbocycles. The van der Waals surface area contributed by atoms with Gasteiger partial charge in [-0.2, -0.15) is 0 Å². The van der Waals surface area contributed by atoms with Crippen LogP contribution in [0.4, 0.5) is 0 Å². The second-order valence-corrected chi connectivity index (χ2v) is 9.24. The van der Waals surface area contributed by atoms with Crippen LogP contribution in [0.1, 0.15) is 85.3 Å². The van der Waals surface area contributed by atoms with Crippen molar-refractivity contribution in [2.75, 3.05) is 12.9 Å². The minimum Gasteiger partial charge on any atom is -0.383 e. The van der Waals surface area contributed by atoms with Crippen LogP contribution in [0.5, 0.6) is 0 Å². The number of hydrogen-bond acceptors (Lipinski definition) is 3. The number of rotatable bonds is 9. The van der Waals surface area contributed by atoms with Gasteiger partial charge in [0.15, 0.2) is 0 Å². The molecule has 5 heteroatoms. The van der Waals surface area contributed by atoms with Crippen LogP contribution in [-0.2, 0) is 11.3 Å². The Bertz CT molecular complexity index is 764. The highest BCUT2D eigenvalue weighted by atomic mass is 35.5. The summed E-state index contributed by atoms with van der Waals surface area (Å²) in [5, 5.41) is 3.35. The molecule has 0 aromatic heterocycles. The zero-order valence-corrected chi connectivity index (χ0v) is 24.2. The Morgan fingerprint density at radius 3 is 2.23 bits per heavy atom. The van der Waals surface area contributed by atoms with Crippen molar-refractivity contribution in [3.05, 3.63) is 53.9 Å². The number of halogens is 1. The van der Waals surface area contributed by atoms with E-state index in [1.54, 1.807) is 6.21 Å². The lowest BCUT2D eigenvalue weighted by Crippen LogP contribution is -2.34. The predicted molar refractivity (Wildman–Crippen MR) is 156 cm³/mol. The Hall–Kier alpha value is -2.07. The number of nitrogens with zero attached hydrogens (tertiary/aromatic N) is 2. The van der Waals surface area contributed by atoms with Crippen molar-refractivity contribution in [3.63, 3.8) is 0 Å². The number of aliphatic imine (C=N–C) groups is 1. The van der Waals surface area contributed by atoms with Gasteiger partial charge in [-0.25, -0.2) is 0 Å². The van der Waals surface area contributed by atoms with Crippen LogP contribution in [0.2, 0.25) is 0 Å². The molecule has 1 amide bonds. The molecule has 1 aromatic rings. The molecule has 1 aliphatic heterocycles. The molecule has 35 heavy (non-hydrogen) atoms. The summed E-state index contributed by atoms with van der Waals surface area (Å²) in [6, 6.07) is 8.54. The summed E-state index contributed by atoms with van der Waals surface area (Å²) in [5.74, 6) is 2.98. The molecule has 0 radical (unpaired) electrons. The highest BCUT2D eigenvalue weighted by Crippen LogP contribution is 2.39. The van der Waals surface area contributed by atoms with E-state index in [0.717, 1.165) is 61.4 Å². The molecular weight excluding hydrogens is 454 g/mol. The SMILES string of the molecule is C=C(NCc1ccc(/C(C)=C/N=CC)cc1)C1CCCN1C=O.CC.CC(C)C(C)C1CC1.CCl. The smallest absolute Gasteiger partial charge is 0.210 e. The molecule has 2 fully saturated rings. The third kappa shape index (κ3) is 12.5. The minimum absolute atomic E-state index is 0.129. The van der Waals surface area contributed by atoms with Gasteiger partial charge in [0.1, 0.15) is 0 Å². The van der Waals surface area contributed by atoms with E-state index in [9.17, 15) is 4.79 Å². The largest absolute Gasteiger partial charge is 0.383 e. The van der Waals surface area contributed by atoms with Gasteiger partial charge in [0.05, 0.1) is 6.04 Å². The molecule has 2 aliphatic rings. The Morgan fingerprint density at radius 2 is 1.77 bits per heavy atom. The second kappa shape index (κ2) is 19.2. The lowest BCUT2D eigenvalue weighted by Gasteiger charge is -2.23. The number of likely N-dealkylation sites (tertiary alicyclic amines) is 1. The van der Waals surface area contributed by atoms with Crippen LogP contribution < -0.4 is 5.32 Å². The first-order chi connectivity index (χ1) is 16.9. The Labute approximate surface area is 220 Å². The summed E-state index contributed by atoms with van der Waals surface area (Å²) in [6.45, 7) is 20.6. The molecule has 1 saturated heterocycles. The van der Waals surface area contributed by atoms with Crippen LogP contribution >= 0.6 is 11.6 Å². The molecule has 1 aliphatic carbocycles. The number of nitrogens with one attached hydrogen (secondary N) is 1. The van der Waals surface area contributed by atoms with Crippen molar-refractivity contribution < 1.29 is 4.79 Å². The summed E-state index contributed by atoms with van der Waals surface area (Å²) in [5.41, 5.74) is 4.42. The van der Waals surface area contributed by atoms with Gasteiger partial charge in [-0.1, -0.05) is 65.5 Å². The van der Waals surface area contributed by atoms with Gasteiger partial charge in [0, 0.05) is 37.6 Å². The van der Waals surface area contributed by atoms with Crippen molar-refractivity contribution in [2.45, 2.75) is 86.7 Å². The molecular formula is C30H50ClN3O. The Kier molecular flexibility index (Phi) is 18.0. The van der Waals surface area contributed by atoms with E-state index in [2.05, 4.69) is 80.4 Å². The molecule has 0 spiro atoms. The summed E-state index contributed by atoms with van der Waals surface area (Å²) in [4.78, 5) is 17.0. The molecule has 0 bridgehead atoms. The molecule has 1 aromatic carbocycles.